The van der Waals surface area contributed by atoms with E-state index in [1.54, 1.807) is 6.08 Å². The topological polar surface area (TPSA) is 46.5 Å². The van der Waals surface area contributed by atoms with Crippen molar-refractivity contribution in [3.8, 4) is 5.75 Å². The van der Waals surface area contributed by atoms with Crippen molar-refractivity contribution in [2.75, 3.05) is 6.61 Å². The minimum Gasteiger partial charge on any atom is -0.494 e. The fourth-order valence-electron chi connectivity index (χ4n) is 1.74. The maximum absolute atomic E-state index is 10.4. The Balaban J connectivity index is 2.26. The molecule has 0 saturated carbocycles. The number of hydrogen-bond acceptors (Lipinski definition) is 2. The standard InChI is InChI=1S/C16H22O3/c1-2-3-4-5-6-13-19-15-10-7-14(8-11-15)9-12-16(17)18/h7-12H,2-6,13H2,1H3,(H,17,18). The van der Waals surface area contributed by atoms with Crippen molar-refractivity contribution in [2.24, 2.45) is 0 Å². The van der Waals surface area contributed by atoms with Crippen LogP contribution in [0.1, 0.15) is 44.6 Å². The van der Waals surface area contributed by atoms with Crippen molar-refractivity contribution in [2.45, 2.75) is 39.0 Å². The molecule has 1 aromatic rings. The zero-order valence-electron chi connectivity index (χ0n) is 11.5. The first kappa shape index (κ1) is 15.3. The summed E-state index contributed by atoms with van der Waals surface area (Å²) in [6, 6.07) is 7.44. The SMILES string of the molecule is CCCCCCCOc1ccc(C=CC(=O)O)cc1. The second-order valence-corrected chi connectivity index (χ2v) is 4.50. The molecule has 0 heterocycles. The lowest BCUT2D eigenvalue weighted by atomic mass is 10.2. The Morgan fingerprint density at radius 3 is 2.47 bits per heavy atom. The molecule has 1 aromatic carbocycles. The molecule has 104 valence electrons. The van der Waals surface area contributed by atoms with E-state index in [9.17, 15) is 4.79 Å². The third-order valence-electron chi connectivity index (χ3n) is 2.82. The number of carboxylic acid groups (broad SMARTS) is 1. The Hall–Kier alpha value is -1.77. The van der Waals surface area contributed by atoms with E-state index in [0.717, 1.165) is 30.4 Å². The highest BCUT2D eigenvalue weighted by atomic mass is 16.5. The lowest BCUT2D eigenvalue weighted by Crippen LogP contribution is -1.97. The van der Waals surface area contributed by atoms with Crippen LogP contribution >= 0.6 is 0 Å². The normalized spacial score (nSPS) is 10.8. The number of benzene rings is 1. The van der Waals surface area contributed by atoms with E-state index in [2.05, 4.69) is 6.92 Å². The van der Waals surface area contributed by atoms with Crippen LogP contribution in [0.25, 0.3) is 6.08 Å². The molecule has 0 fully saturated rings. The molecular formula is C16H22O3. The molecule has 0 unspecified atom stereocenters. The molecule has 0 spiro atoms. The average Bonchev–Trinajstić information content (AvgIpc) is 2.41. The number of rotatable bonds is 9. The number of ether oxygens (including phenoxy) is 1. The maximum atomic E-state index is 10.4. The van der Waals surface area contributed by atoms with E-state index in [-0.39, 0.29) is 0 Å². The van der Waals surface area contributed by atoms with Crippen LogP contribution in [0.4, 0.5) is 0 Å². The van der Waals surface area contributed by atoms with Crippen LogP contribution in [0.3, 0.4) is 0 Å². The Bertz CT molecular complexity index is 393. The fourth-order valence-corrected chi connectivity index (χ4v) is 1.74. The Kier molecular flexibility index (Phi) is 7.40. The van der Waals surface area contributed by atoms with Crippen LogP contribution in [0, 0.1) is 0 Å². The van der Waals surface area contributed by atoms with Crippen LogP contribution in [-0.2, 0) is 4.79 Å². The summed E-state index contributed by atoms with van der Waals surface area (Å²) in [5, 5.41) is 8.52. The highest BCUT2D eigenvalue weighted by molar-refractivity contribution is 5.85. The van der Waals surface area contributed by atoms with Crippen molar-refractivity contribution in [1.82, 2.24) is 0 Å². The molecule has 0 amide bonds. The first-order valence-electron chi connectivity index (χ1n) is 6.86. The quantitative estimate of drug-likeness (QED) is 0.537. The molecule has 3 heteroatoms. The van der Waals surface area contributed by atoms with E-state index in [1.165, 1.54) is 25.7 Å². The third-order valence-corrected chi connectivity index (χ3v) is 2.82. The summed E-state index contributed by atoms with van der Waals surface area (Å²) in [6.07, 6.45) is 8.82. The minimum absolute atomic E-state index is 0.744. The van der Waals surface area contributed by atoms with E-state index in [4.69, 9.17) is 9.84 Å². The van der Waals surface area contributed by atoms with Gasteiger partial charge >= 0.3 is 5.97 Å². The molecule has 0 aliphatic carbocycles. The van der Waals surface area contributed by atoms with Gasteiger partial charge in [-0.15, -0.1) is 0 Å². The maximum Gasteiger partial charge on any atom is 0.328 e. The summed E-state index contributed by atoms with van der Waals surface area (Å²) in [4.78, 5) is 10.4. The van der Waals surface area contributed by atoms with E-state index >= 15 is 0 Å². The van der Waals surface area contributed by atoms with E-state index < -0.39 is 5.97 Å². The Labute approximate surface area is 114 Å². The zero-order chi connectivity index (χ0) is 13.9. The smallest absolute Gasteiger partial charge is 0.328 e. The summed E-state index contributed by atoms with van der Waals surface area (Å²) in [5.74, 6) is -0.102. The van der Waals surface area contributed by atoms with Crippen LogP contribution in [0.5, 0.6) is 5.75 Å². The molecule has 0 aliphatic heterocycles. The first-order valence-corrected chi connectivity index (χ1v) is 6.86. The molecule has 0 atom stereocenters. The monoisotopic (exact) mass is 262 g/mol. The van der Waals surface area contributed by atoms with Gasteiger partial charge in [0.1, 0.15) is 5.75 Å². The Morgan fingerprint density at radius 1 is 1.16 bits per heavy atom. The minimum atomic E-state index is -0.938. The molecule has 1 N–H and O–H groups in total. The highest BCUT2D eigenvalue weighted by Crippen LogP contribution is 2.14. The van der Waals surface area contributed by atoms with Crippen LogP contribution in [0.2, 0.25) is 0 Å². The van der Waals surface area contributed by atoms with Gasteiger partial charge in [0.05, 0.1) is 6.61 Å². The second-order valence-electron chi connectivity index (χ2n) is 4.50. The molecule has 19 heavy (non-hydrogen) atoms. The van der Waals surface area contributed by atoms with E-state index in [0.29, 0.717) is 0 Å². The van der Waals surface area contributed by atoms with Gasteiger partial charge < -0.3 is 9.84 Å². The first-order chi connectivity index (χ1) is 9.22. The summed E-state index contributed by atoms with van der Waals surface area (Å²) in [6.45, 7) is 2.95. The molecule has 0 saturated heterocycles. The Morgan fingerprint density at radius 2 is 1.84 bits per heavy atom. The highest BCUT2D eigenvalue weighted by Gasteiger charge is 1.95. The average molecular weight is 262 g/mol. The molecule has 0 aromatic heterocycles. The largest absolute Gasteiger partial charge is 0.494 e. The van der Waals surface area contributed by atoms with Gasteiger partial charge in [-0.2, -0.15) is 0 Å². The second kappa shape index (κ2) is 9.20. The van der Waals surface area contributed by atoms with Crippen molar-refractivity contribution in [3.63, 3.8) is 0 Å². The van der Waals surface area contributed by atoms with Gasteiger partial charge in [-0.3, -0.25) is 0 Å². The van der Waals surface area contributed by atoms with Gasteiger partial charge in [-0.05, 0) is 30.2 Å². The predicted molar refractivity (Wildman–Crippen MR) is 77.4 cm³/mol. The molecule has 3 nitrogen and oxygen atoms in total. The van der Waals surface area contributed by atoms with Gasteiger partial charge in [-0.1, -0.05) is 44.7 Å². The van der Waals surface area contributed by atoms with Gasteiger partial charge in [-0.25, -0.2) is 4.79 Å². The van der Waals surface area contributed by atoms with Crippen molar-refractivity contribution in [1.29, 1.82) is 0 Å². The van der Waals surface area contributed by atoms with Crippen LogP contribution in [0.15, 0.2) is 30.3 Å². The predicted octanol–water partition coefficient (Wildman–Crippen LogP) is 4.13. The molecule has 0 bridgehead atoms. The van der Waals surface area contributed by atoms with Gasteiger partial charge in [0, 0.05) is 6.08 Å². The van der Waals surface area contributed by atoms with Crippen molar-refractivity contribution >= 4 is 12.0 Å². The summed E-state index contributed by atoms with van der Waals surface area (Å²) >= 11 is 0. The van der Waals surface area contributed by atoms with Crippen LogP contribution < -0.4 is 4.74 Å². The number of carboxylic acids is 1. The van der Waals surface area contributed by atoms with Crippen molar-refractivity contribution in [3.05, 3.63) is 35.9 Å². The fraction of sp³-hybridized carbons (Fsp3) is 0.438. The van der Waals surface area contributed by atoms with Crippen molar-refractivity contribution < 1.29 is 14.6 Å². The van der Waals surface area contributed by atoms with E-state index in [1.807, 2.05) is 24.3 Å². The molecular weight excluding hydrogens is 240 g/mol. The zero-order valence-corrected chi connectivity index (χ0v) is 11.5. The molecule has 0 radical (unpaired) electrons. The number of aliphatic carboxylic acids is 1. The molecule has 1 rings (SSSR count). The third kappa shape index (κ3) is 7.29. The summed E-state index contributed by atoms with van der Waals surface area (Å²) < 4.78 is 5.63. The number of unbranched alkanes of at least 4 members (excludes halogenated alkanes) is 4. The van der Waals surface area contributed by atoms with Gasteiger partial charge in [0.2, 0.25) is 0 Å². The number of carbonyl (C=O) groups is 1. The molecule has 0 aliphatic rings. The lowest BCUT2D eigenvalue weighted by Gasteiger charge is -2.06. The van der Waals surface area contributed by atoms with Gasteiger partial charge in [0.15, 0.2) is 0 Å². The summed E-state index contributed by atoms with van der Waals surface area (Å²) in [5.41, 5.74) is 0.859. The van der Waals surface area contributed by atoms with Crippen LogP contribution in [-0.4, -0.2) is 17.7 Å². The van der Waals surface area contributed by atoms with Gasteiger partial charge in [0.25, 0.3) is 0 Å². The summed E-state index contributed by atoms with van der Waals surface area (Å²) in [7, 11) is 0. The lowest BCUT2D eigenvalue weighted by molar-refractivity contribution is -0.131. The number of hydrogen-bond donors (Lipinski definition) is 1.